The first kappa shape index (κ1) is 10.8. The standard InChI is InChI=1S/C12H13NO3/c13-8-9-7-10(4-5-11(9)14)16-12-3-1-2-6-15-12/h4-5,7,12,14H,1-3,6H2. The van der Waals surface area contributed by atoms with Crippen molar-refractivity contribution >= 4 is 0 Å². The first-order chi connectivity index (χ1) is 7.79. The molecule has 1 aromatic carbocycles. The molecule has 1 N–H and O–H groups in total. The average Bonchev–Trinajstić information content (AvgIpc) is 2.33. The Hall–Kier alpha value is -1.73. The summed E-state index contributed by atoms with van der Waals surface area (Å²) in [5.74, 6) is 0.528. The van der Waals surface area contributed by atoms with E-state index in [4.69, 9.17) is 14.7 Å². The van der Waals surface area contributed by atoms with Gasteiger partial charge in [0.2, 0.25) is 0 Å². The average molecular weight is 219 g/mol. The van der Waals surface area contributed by atoms with Crippen molar-refractivity contribution in [3.8, 4) is 17.6 Å². The van der Waals surface area contributed by atoms with E-state index in [0.29, 0.717) is 12.4 Å². The molecule has 0 saturated carbocycles. The Morgan fingerprint density at radius 1 is 1.44 bits per heavy atom. The van der Waals surface area contributed by atoms with E-state index in [1.54, 1.807) is 6.07 Å². The van der Waals surface area contributed by atoms with Gasteiger partial charge in [-0.2, -0.15) is 5.26 Å². The van der Waals surface area contributed by atoms with Crippen LogP contribution in [0.15, 0.2) is 18.2 Å². The van der Waals surface area contributed by atoms with Crippen LogP contribution in [0, 0.1) is 11.3 Å². The summed E-state index contributed by atoms with van der Waals surface area (Å²) in [4.78, 5) is 0. The molecule has 1 aliphatic heterocycles. The highest BCUT2D eigenvalue weighted by molar-refractivity contribution is 5.46. The van der Waals surface area contributed by atoms with Crippen molar-refractivity contribution in [3.63, 3.8) is 0 Å². The second kappa shape index (κ2) is 4.86. The van der Waals surface area contributed by atoms with E-state index in [1.165, 1.54) is 12.1 Å². The fourth-order valence-electron chi connectivity index (χ4n) is 1.63. The van der Waals surface area contributed by atoms with Crippen LogP contribution in [0.3, 0.4) is 0 Å². The minimum atomic E-state index is -0.232. The Morgan fingerprint density at radius 2 is 2.31 bits per heavy atom. The molecule has 1 heterocycles. The third-order valence-electron chi connectivity index (χ3n) is 2.49. The van der Waals surface area contributed by atoms with E-state index in [0.717, 1.165) is 19.3 Å². The molecule has 1 aliphatic rings. The maximum absolute atomic E-state index is 9.33. The monoisotopic (exact) mass is 219 g/mol. The van der Waals surface area contributed by atoms with Crippen LogP contribution in [0.2, 0.25) is 0 Å². The zero-order chi connectivity index (χ0) is 11.4. The van der Waals surface area contributed by atoms with Crippen LogP contribution in [-0.4, -0.2) is 18.0 Å². The molecule has 0 aliphatic carbocycles. The normalized spacial score (nSPS) is 20.1. The van der Waals surface area contributed by atoms with Gasteiger partial charge in [0.15, 0.2) is 6.29 Å². The van der Waals surface area contributed by atoms with Gasteiger partial charge in [-0.25, -0.2) is 0 Å². The molecule has 0 amide bonds. The van der Waals surface area contributed by atoms with Crippen molar-refractivity contribution < 1.29 is 14.6 Å². The van der Waals surface area contributed by atoms with Crippen LogP contribution in [-0.2, 0) is 4.74 Å². The quantitative estimate of drug-likeness (QED) is 0.828. The van der Waals surface area contributed by atoms with Gasteiger partial charge in [-0.3, -0.25) is 0 Å². The molecular weight excluding hydrogens is 206 g/mol. The first-order valence-electron chi connectivity index (χ1n) is 5.31. The third-order valence-corrected chi connectivity index (χ3v) is 2.49. The van der Waals surface area contributed by atoms with Crippen molar-refractivity contribution in [2.75, 3.05) is 6.61 Å². The predicted molar refractivity (Wildman–Crippen MR) is 57.0 cm³/mol. The second-order valence-corrected chi connectivity index (χ2v) is 3.70. The molecule has 0 aromatic heterocycles. The van der Waals surface area contributed by atoms with Crippen LogP contribution in [0.25, 0.3) is 0 Å². The van der Waals surface area contributed by atoms with E-state index >= 15 is 0 Å². The molecule has 16 heavy (non-hydrogen) atoms. The summed E-state index contributed by atoms with van der Waals surface area (Å²) in [5, 5.41) is 18.1. The number of nitrogens with zero attached hydrogens (tertiary/aromatic N) is 1. The fourth-order valence-corrected chi connectivity index (χ4v) is 1.63. The summed E-state index contributed by atoms with van der Waals surface area (Å²) >= 11 is 0. The lowest BCUT2D eigenvalue weighted by Gasteiger charge is -2.23. The smallest absolute Gasteiger partial charge is 0.199 e. The largest absolute Gasteiger partial charge is 0.507 e. The highest BCUT2D eigenvalue weighted by Gasteiger charge is 2.15. The van der Waals surface area contributed by atoms with Gasteiger partial charge in [0, 0.05) is 12.5 Å². The highest BCUT2D eigenvalue weighted by atomic mass is 16.7. The lowest BCUT2D eigenvalue weighted by molar-refractivity contribution is -0.105. The Labute approximate surface area is 94.0 Å². The van der Waals surface area contributed by atoms with Crippen molar-refractivity contribution in [1.82, 2.24) is 0 Å². The number of rotatable bonds is 2. The third kappa shape index (κ3) is 2.44. The van der Waals surface area contributed by atoms with Crippen molar-refractivity contribution in [2.24, 2.45) is 0 Å². The maximum Gasteiger partial charge on any atom is 0.199 e. The number of phenols is 1. The van der Waals surface area contributed by atoms with Gasteiger partial charge in [0.25, 0.3) is 0 Å². The van der Waals surface area contributed by atoms with Crippen molar-refractivity contribution in [2.45, 2.75) is 25.6 Å². The summed E-state index contributed by atoms with van der Waals surface area (Å²) in [7, 11) is 0. The summed E-state index contributed by atoms with van der Waals surface area (Å²) in [6.45, 7) is 0.716. The molecule has 0 radical (unpaired) electrons. The zero-order valence-electron chi connectivity index (χ0n) is 8.85. The fraction of sp³-hybridized carbons (Fsp3) is 0.417. The molecule has 1 aromatic rings. The van der Waals surface area contributed by atoms with Crippen LogP contribution in [0.5, 0.6) is 11.5 Å². The van der Waals surface area contributed by atoms with Gasteiger partial charge in [-0.15, -0.1) is 0 Å². The first-order valence-corrected chi connectivity index (χ1v) is 5.31. The van der Waals surface area contributed by atoms with Gasteiger partial charge in [0.05, 0.1) is 12.2 Å². The Balaban J connectivity index is 2.06. The number of phenolic OH excluding ortho intramolecular Hbond substituents is 1. The molecule has 1 atom stereocenters. The minimum Gasteiger partial charge on any atom is -0.507 e. The van der Waals surface area contributed by atoms with Crippen LogP contribution >= 0.6 is 0 Å². The number of hydrogen-bond donors (Lipinski definition) is 1. The van der Waals surface area contributed by atoms with Crippen molar-refractivity contribution in [1.29, 1.82) is 5.26 Å². The number of nitriles is 1. The number of benzene rings is 1. The zero-order valence-corrected chi connectivity index (χ0v) is 8.85. The summed E-state index contributed by atoms with van der Waals surface area (Å²) < 4.78 is 11.0. The van der Waals surface area contributed by atoms with Gasteiger partial charge in [-0.05, 0) is 25.0 Å². The van der Waals surface area contributed by atoms with Gasteiger partial charge in [-0.1, -0.05) is 0 Å². The molecule has 0 spiro atoms. The number of ether oxygens (including phenoxy) is 2. The highest BCUT2D eigenvalue weighted by Crippen LogP contribution is 2.24. The number of hydrogen-bond acceptors (Lipinski definition) is 4. The van der Waals surface area contributed by atoms with E-state index < -0.39 is 0 Å². The van der Waals surface area contributed by atoms with E-state index in [2.05, 4.69) is 0 Å². The van der Waals surface area contributed by atoms with Gasteiger partial charge >= 0.3 is 0 Å². The van der Waals surface area contributed by atoms with Crippen LogP contribution in [0.4, 0.5) is 0 Å². The molecule has 1 saturated heterocycles. The van der Waals surface area contributed by atoms with Crippen LogP contribution < -0.4 is 4.74 Å². The van der Waals surface area contributed by atoms with E-state index in [-0.39, 0.29) is 17.6 Å². The molecule has 2 rings (SSSR count). The summed E-state index contributed by atoms with van der Waals surface area (Å²) in [5.41, 5.74) is 0.216. The maximum atomic E-state index is 9.33. The molecule has 84 valence electrons. The minimum absolute atomic E-state index is 0.0283. The molecule has 1 unspecified atom stereocenters. The van der Waals surface area contributed by atoms with Gasteiger partial charge in [0.1, 0.15) is 17.6 Å². The van der Waals surface area contributed by atoms with E-state index in [1.807, 2.05) is 6.07 Å². The number of aromatic hydroxyl groups is 1. The topological polar surface area (TPSA) is 62.5 Å². The molecule has 1 fully saturated rings. The Morgan fingerprint density at radius 3 is 3.00 bits per heavy atom. The van der Waals surface area contributed by atoms with E-state index in [9.17, 15) is 5.11 Å². The predicted octanol–water partition coefficient (Wildman–Crippen LogP) is 2.17. The Bertz CT molecular complexity index is 405. The second-order valence-electron chi connectivity index (χ2n) is 3.70. The van der Waals surface area contributed by atoms with Crippen LogP contribution in [0.1, 0.15) is 24.8 Å². The Kier molecular flexibility index (Phi) is 3.28. The summed E-state index contributed by atoms with van der Waals surface area (Å²) in [6, 6.07) is 6.51. The lowest BCUT2D eigenvalue weighted by Crippen LogP contribution is -2.24. The molecule has 4 heteroatoms. The molecular formula is C12H13NO3. The lowest BCUT2D eigenvalue weighted by atomic mass is 10.2. The van der Waals surface area contributed by atoms with Crippen molar-refractivity contribution in [3.05, 3.63) is 23.8 Å². The molecule has 4 nitrogen and oxygen atoms in total. The molecule has 0 bridgehead atoms. The SMILES string of the molecule is N#Cc1cc(OC2CCCCO2)ccc1O. The summed E-state index contributed by atoms with van der Waals surface area (Å²) in [6.07, 6.45) is 2.79. The van der Waals surface area contributed by atoms with Gasteiger partial charge < -0.3 is 14.6 Å².